The number of hydrogen-bond donors (Lipinski definition) is 4. The van der Waals surface area contributed by atoms with Gasteiger partial charge in [-0.3, -0.25) is 19.2 Å². The van der Waals surface area contributed by atoms with Gasteiger partial charge in [-0.2, -0.15) is 0 Å². The van der Waals surface area contributed by atoms with Crippen molar-refractivity contribution in [1.82, 2.24) is 14.6 Å². The fourth-order valence-electron chi connectivity index (χ4n) is 1.54. The third-order valence-corrected chi connectivity index (χ3v) is 2.40. The molecule has 2 rings (SSSR count). The predicted molar refractivity (Wildman–Crippen MR) is 52.4 cm³/mol. The number of rotatable bonds is 2. The van der Waals surface area contributed by atoms with E-state index in [2.05, 4.69) is 0 Å². The van der Waals surface area contributed by atoms with Crippen LogP contribution in [-0.2, 0) is 4.84 Å². The van der Waals surface area contributed by atoms with Crippen molar-refractivity contribution in [1.29, 1.82) is 0 Å². The molecule has 17 heavy (non-hydrogen) atoms. The number of H-pyrrole nitrogens is 1. The SMILES string of the molecule is O=c1ccn([C@@H]2ON(CO)[C@@H](O)[C@H]2O)c(=O)[nH]1. The molecule has 94 valence electrons. The first-order chi connectivity index (χ1) is 8.04. The van der Waals surface area contributed by atoms with E-state index in [1.165, 1.54) is 0 Å². The Morgan fingerprint density at radius 2 is 2.12 bits per heavy atom. The second-order valence-corrected chi connectivity index (χ2v) is 3.48. The third-order valence-electron chi connectivity index (χ3n) is 2.40. The van der Waals surface area contributed by atoms with Crippen molar-refractivity contribution >= 4 is 0 Å². The predicted octanol–water partition coefficient (Wildman–Crippen LogP) is -3.09. The van der Waals surface area contributed by atoms with Crippen LogP contribution < -0.4 is 11.2 Å². The lowest BCUT2D eigenvalue weighted by atomic mass is 10.3. The van der Waals surface area contributed by atoms with E-state index in [1.54, 1.807) is 0 Å². The van der Waals surface area contributed by atoms with E-state index in [0.717, 1.165) is 16.8 Å². The molecule has 1 fully saturated rings. The van der Waals surface area contributed by atoms with Crippen LogP contribution in [0.3, 0.4) is 0 Å². The molecule has 1 aromatic heterocycles. The molecule has 1 aromatic rings. The molecule has 1 aliphatic rings. The van der Waals surface area contributed by atoms with Gasteiger partial charge in [0.25, 0.3) is 5.56 Å². The topological polar surface area (TPSA) is 128 Å². The van der Waals surface area contributed by atoms with Gasteiger partial charge in [0.1, 0.15) is 12.8 Å². The van der Waals surface area contributed by atoms with E-state index in [4.69, 9.17) is 9.94 Å². The van der Waals surface area contributed by atoms with Crippen LogP contribution in [0.5, 0.6) is 0 Å². The molecule has 1 aliphatic heterocycles. The molecule has 4 N–H and O–H groups in total. The maximum absolute atomic E-state index is 11.4. The molecule has 0 aliphatic carbocycles. The van der Waals surface area contributed by atoms with Gasteiger partial charge in [-0.1, -0.05) is 0 Å². The maximum Gasteiger partial charge on any atom is 0.330 e. The van der Waals surface area contributed by atoms with Gasteiger partial charge in [-0.25, -0.2) is 4.79 Å². The highest BCUT2D eigenvalue weighted by Gasteiger charge is 2.42. The number of aromatic amines is 1. The summed E-state index contributed by atoms with van der Waals surface area (Å²) in [4.78, 5) is 29.2. The summed E-state index contributed by atoms with van der Waals surface area (Å²) in [6.07, 6.45) is -2.96. The molecule has 0 bridgehead atoms. The number of nitrogens with one attached hydrogen (secondary N) is 1. The van der Waals surface area contributed by atoms with E-state index in [1.807, 2.05) is 4.98 Å². The molecule has 0 radical (unpaired) electrons. The van der Waals surface area contributed by atoms with Gasteiger partial charge in [0.05, 0.1) is 0 Å². The zero-order valence-electron chi connectivity index (χ0n) is 8.55. The minimum absolute atomic E-state index is 0.585. The lowest BCUT2D eigenvalue weighted by molar-refractivity contribution is -0.244. The highest BCUT2D eigenvalue weighted by molar-refractivity contribution is 4.88. The highest BCUT2D eigenvalue weighted by Crippen LogP contribution is 2.26. The van der Waals surface area contributed by atoms with Gasteiger partial charge in [0.2, 0.25) is 0 Å². The quantitative estimate of drug-likeness (QED) is 0.434. The largest absolute Gasteiger partial charge is 0.384 e. The standard InChI is InChI=1S/C8H11N3O6/c12-3-11-6(15)5(14)7(17-11)10-2-1-4(13)9-8(10)16/h1-2,5-7,12,14-15H,3H2,(H,9,13,16)/t5-,6+,7-/m1/s1. The van der Waals surface area contributed by atoms with Gasteiger partial charge < -0.3 is 15.3 Å². The summed E-state index contributed by atoms with van der Waals surface area (Å²) >= 11 is 0. The Morgan fingerprint density at radius 1 is 1.41 bits per heavy atom. The number of hydrogen-bond acceptors (Lipinski definition) is 7. The van der Waals surface area contributed by atoms with Gasteiger partial charge in [-0.15, -0.1) is 5.06 Å². The number of aromatic nitrogens is 2. The summed E-state index contributed by atoms with van der Waals surface area (Å²) in [5.74, 6) is 0. The van der Waals surface area contributed by atoms with Crippen molar-refractivity contribution in [3.8, 4) is 0 Å². The Morgan fingerprint density at radius 3 is 2.65 bits per heavy atom. The fourth-order valence-corrected chi connectivity index (χ4v) is 1.54. The molecule has 0 spiro atoms. The van der Waals surface area contributed by atoms with E-state index < -0.39 is 36.5 Å². The summed E-state index contributed by atoms with van der Waals surface area (Å²) < 4.78 is 0.908. The molecule has 2 heterocycles. The monoisotopic (exact) mass is 245 g/mol. The normalized spacial score (nSPS) is 29.7. The van der Waals surface area contributed by atoms with Gasteiger partial charge >= 0.3 is 5.69 Å². The molecule has 1 saturated heterocycles. The zero-order valence-corrected chi connectivity index (χ0v) is 8.55. The molecule has 0 saturated carbocycles. The Balaban J connectivity index is 2.35. The van der Waals surface area contributed by atoms with Crippen molar-refractivity contribution in [2.45, 2.75) is 18.6 Å². The first kappa shape index (κ1) is 12.0. The summed E-state index contributed by atoms with van der Waals surface area (Å²) in [6.45, 7) is -0.646. The van der Waals surface area contributed by atoms with Crippen molar-refractivity contribution in [2.75, 3.05) is 6.73 Å². The highest BCUT2D eigenvalue weighted by atomic mass is 16.7. The molecule has 9 nitrogen and oxygen atoms in total. The Kier molecular flexibility index (Phi) is 3.09. The molecular weight excluding hydrogens is 234 g/mol. The number of aliphatic hydroxyl groups is 3. The molecular formula is C8H11N3O6. The molecule has 0 amide bonds. The van der Waals surface area contributed by atoms with Crippen molar-refractivity contribution < 1.29 is 20.2 Å². The van der Waals surface area contributed by atoms with Crippen molar-refractivity contribution in [3.05, 3.63) is 33.1 Å². The summed E-state index contributed by atoms with van der Waals surface area (Å²) in [7, 11) is 0. The smallest absolute Gasteiger partial charge is 0.330 e. The first-order valence-corrected chi connectivity index (χ1v) is 4.76. The number of hydroxylamine groups is 2. The van der Waals surface area contributed by atoms with Crippen LogP contribution in [0.25, 0.3) is 0 Å². The second-order valence-electron chi connectivity index (χ2n) is 3.48. The third kappa shape index (κ3) is 2.01. The van der Waals surface area contributed by atoms with E-state index in [0.29, 0.717) is 5.06 Å². The summed E-state index contributed by atoms with van der Waals surface area (Å²) in [6, 6.07) is 1.07. The molecule has 0 aromatic carbocycles. The van der Waals surface area contributed by atoms with E-state index in [-0.39, 0.29) is 0 Å². The van der Waals surface area contributed by atoms with Gasteiger partial charge in [0.15, 0.2) is 12.5 Å². The van der Waals surface area contributed by atoms with Crippen LogP contribution in [0.1, 0.15) is 6.23 Å². The minimum atomic E-state index is -1.45. The first-order valence-electron chi connectivity index (χ1n) is 4.76. The van der Waals surface area contributed by atoms with Crippen LogP contribution in [0.4, 0.5) is 0 Å². The lowest BCUT2D eigenvalue weighted by Crippen LogP contribution is -2.38. The Labute approximate surface area is 94.1 Å². The fraction of sp³-hybridized carbons (Fsp3) is 0.500. The van der Waals surface area contributed by atoms with Crippen LogP contribution in [0.2, 0.25) is 0 Å². The van der Waals surface area contributed by atoms with E-state index >= 15 is 0 Å². The molecule has 9 heteroatoms. The molecule has 3 atom stereocenters. The Hall–Kier alpha value is -1.52. The van der Waals surface area contributed by atoms with Gasteiger partial charge in [-0.05, 0) is 0 Å². The average Bonchev–Trinajstić information content (AvgIpc) is 2.57. The Bertz CT molecular complexity index is 510. The van der Waals surface area contributed by atoms with Gasteiger partial charge in [0, 0.05) is 12.3 Å². The van der Waals surface area contributed by atoms with Crippen molar-refractivity contribution in [2.24, 2.45) is 0 Å². The van der Waals surface area contributed by atoms with Crippen LogP contribution >= 0.6 is 0 Å². The number of aliphatic hydroxyl groups excluding tert-OH is 3. The second kappa shape index (κ2) is 4.39. The van der Waals surface area contributed by atoms with E-state index in [9.17, 15) is 19.8 Å². The molecule has 0 unspecified atom stereocenters. The van der Waals surface area contributed by atoms with Crippen LogP contribution in [0.15, 0.2) is 21.9 Å². The minimum Gasteiger partial charge on any atom is -0.384 e. The average molecular weight is 245 g/mol. The van der Waals surface area contributed by atoms with Crippen LogP contribution in [-0.4, -0.2) is 49.0 Å². The lowest BCUT2D eigenvalue weighted by Gasteiger charge is -2.15. The summed E-state index contributed by atoms with van der Waals surface area (Å²) in [5.41, 5.74) is -1.37. The maximum atomic E-state index is 11.4. The number of nitrogens with zero attached hydrogens (tertiary/aromatic N) is 2. The summed E-state index contributed by atoms with van der Waals surface area (Å²) in [5, 5.41) is 28.6. The zero-order chi connectivity index (χ0) is 12.6. The van der Waals surface area contributed by atoms with Crippen molar-refractivity contribution in [3.63, 3.8) is 0 Å². The van der Waals surface area contributed by atoms with Crippen LogP contribution in [0, 0.1) is 0 Å².